The van der Waals surface area contributed by atoms with Crippen molar-refractivity contribution in [3.05, 3.63) is 44.1 Å². The van der Waals surface area contributed by atoms with E-state index in [0.29, 0.717) is 12.2 Å². The Kier molecular flexibility index (Phi) is 8.11. The molecule has 0 bridgehead atoms. The van der Waals surface area contributed by atoms with Gasteiger partial charge < -0.3 is 15.6 Å². The molecule has 0 saturated heterocycles. The molecule has 0 radical (unpaired) electrons. The third kappa shape index (κ3) is 5.44. The first kappa shape index (κ1) is 21.2. The lowest BCUT2D eigenvalue weighted by molar-refractivity contribution is -0.112. The van der Waals surface area contributed by atoms with E-state index in [1.807, 2.05) is 12.1 Å². The predicted octanol–water partition coefficient (Wildman–Crippen LogP) is 5.24. The van der Waals surface area contributed by atoms with Crippen LogP contribution in [0.15, 0.2) is 24.3 Å². The Morgan fingerprint density at radius 3 is 2.04 bits per heavy atom. The minimum absolute atomic E-state index is 0.253. The molecule has 0 unspecified atom stereocenters. The van der Waals surface area contributed by atoms with Crippen LogP contribution in [0.1, 0.15) is 5.56 Å². The summed E-state index contributed by atoms with van der Waals surface area (Å²) in [5, 5.41) is 9.30. The van der Waals surface area contributed by atoms with Crippen molar-refractivity contribution in [1.29, 1.82) is 0 Å². The van der Waals surface area contributed by atoms with Gasteiger partial charge in [0.05, 0.1) is 20.3 Å². The first-order valence-electron chi connectivity index (χ1n) is 6.47. The number of carbonyl (C=O) groups excluding carboxylic acids is 1. The van der Waals surface area contributed by atoms with Gasteiger partial charge in [0.15, 0.2) is 5.75 Å². The van der Waals surface area contributed by atoms with Crippen molar-refractivity contribution < 1.29 is 14.6 Å². The maximum absolute atomic E-state index is 11.1. The third-order valence-corrected chi connectivity index (χ3v) is 6.54. The van der Waals surface area contributed by atoms with Gasteiger partial charge in [-0.3, -0.25) is 4.79 Å². The molecule has 0 saturated carbocycles. The molecule has 24 heavy (non-hydrogen) atoms. The maximum Gasteiger partial charge on any atom is 0.238 e. The number of phenols is 1. The van der Waals surface area contributed by atoms with Gasteiger partial charge in [-0.05, 0) is 138 Å². The topological polar surface area (TPSA) is 72.6 Å². The van der Waals surface area contributed by atoms with Gasteiger partial charge in [-0.15, -0.1) is 0 Å². The predicted molar refractivity (Wildman–Crippen MR) is 128 cm³/mol. The second-order valence-electron chi connectivity index (χ2n) is 4.84. The van der Waals surface area contributed by atoms with Crippen LogP contribution in [0.5, 0.6) is 17.2 Å². The fraction of sp³-hybridized carbons (Fsp3) is 0.133. The third-order valence-electron chi connectivity index (χ3n) is 3.02. The van der Waals surface area contributed by atoms with Crippen LogP contribution >= 0.6 is 102 Å². The second-order valence-corrected chi connectivity index (χ2v) is 9.86. The van der Waals surface area contributed by atoms with Gasteiger partial charge in [0.1, 0.15) is 11.5 Å². The number of halogens is 5. The molecule has 0 fully saturated rings. The van der Waals surface area contributed by atoms with Gasteiger partial charge in [-0.25, -0.2) is 0 Å². The standard InChI is InChI=1S/C15H10ClI4NO3/c16-15(23)12(21)3-6-1-10(19)14(11(20)2-6)24-7-4-8(17)13(22)9(18)5-7/h1-2,4-5,12,22H,3,21H2/t12-/m0/s1. The van der Waals surface area contributed by atoms with Crippen molar-refractivity contribution >= 4 is 107 Å². The van der Waals surface area contributed by atoms with Crippen LogP contribution in [-0.2, 0) is 11.2 Å². The number of hydrogen-bond acceptors (Lipinski definition) is 4. The molecule has 0 aliphatic carbocycles. The van der Waals surface area contributed by atoms with Crippen LogP contribution in [0.2, 0.25) is 0 Å². The minimum atomic E-state index is -0.717. The summed E-state index contributed by atoms with van der Waals surface area (Å²) in [4.78, 5) is 11.1. The summed E-state index contributed by atoms with van der Waals surface area (Å²) in [6.07, 6.45) is 0.379. The average Bonchev–Trinajstić information content (AvgIpc) is 2.48. The van der Waals surface area contributed by atoms with Crippen LogP contribution in [-0.4, -0.2) is 16.4 Å². The van der Waals surface area contributed by atoms with Crippen LogP contribution in [0.4, 0.5) is 0 Å². The van der Waals surface area contributed by atoms with Crippen LogP contribution < -0.4 is 10.5 Å². The molecule has 0 heterocycles. The molecular formula is C15H10ClI4NO3. The fourth-order valence-electron chi connectivity index (χ4n) is 1.88. The fourth-order valence-corrected chi connectivity index (χ4v) is 5.79. The number of benzene rings is 2. The van der Waals surface area contributed by atoms with E-state index in [1.54, 1.807) is 12.1 Å². The Bertz CT molecular complexity index is 754. The van der Waals surface area contributed by atoms with E-state index in [1.165, 1.54) is 0 Å². The quantitative estimate of drug-likeness (QED) is 0.321. The van der Waals surface area contributed by atoms with E-state index in [4.69, 9.17) is 22.1 Å². The molecule has 4 nitrogen and oxygen atoms in total. The van der Waals surface area contributed by atoms with E-state index in [2.05, 4.69) is 90.4 Å². The van der Waals surface area contributed by atoms with Gasteiger partial charge in [0.25, 0.3) is 0 Å². The summed E-state index contributed by atoms with van der Waals surface area (Å²) in [5.74, 6) is 1.63. The molecule has 128 valence electrons. The van der Waals surface area contributed by atoms with Crippen molar-refractivity contribution in [2.75, 3.05) is 0 Å². The Labute approximate surface area is 198 Å². The SMILES string of the molecule is N[C@@H](Cc1cc(I)c(Oc2cc(I)c(O)c(I)c2)c(I)c1)C(=O)Cl. The van der Waals surface area contributed by atoms with Crippen molar-refractivity contribution in [3.8, 4) is 17.2 Å². The van der Waals surface area contributed by atoms with Gasteiger partial charge >= 0.3 is 0 Å². The first-order valence-corrected chi connectivity index (χ1v) is 11.2. The summed E-state index contributed by atoms with van der Waals surface area (Å²) in [6, 6.07) is 6.69. The molecule has 3 N–H and O–H groups in total. The molecule has 0 aliphatic rings. The highest BCUT2D eigenvalue weighted by Crippen LogP contribution is 2.36. The van der Waals surface area contributed by atoms with E-state index < -0.39 is 11.3 Å². The number of aromatic hydroxyl groups is 1. The average molecular weight is 795 g/mol. The number of nitrogens with two attached hydrogens (primary N) is 1. The summed E-state index contributed by atoms with van der Waals surface area (Å²) in [6.45, 7) is 0. The van der Waals surface area contributed by atoms with Crippen molar-refractivity contribution in [2.24, 2.45) is 5.73 Å². The van der Waals surface area contributed by atoms with Gasteiger partial charge in [-0.1, -0.05) is 0 Å². The normalized spacial score (nSPS) is 12.1. The number of phenolic OH excluding ortho intramolecular Hbond substituents is 1. The van der Waals surface area contributed by atoms with Gasteiger partial charge in [0.2, 0.25) is 5.24 Å². The Morgan fingerprint density at radius 2 is 1.58 bits per heavy atom. The Morgan fingerprint density at radius 1 is 1.08 bits per heavy atom. The van der Waals surface area contributed by atoms with Crippen molar-refractivity contribution in [2.45, 2.75) is 12.5 Å². The van der Waals surface area contributed by atoms with E-state index in [0.717, 1.165) is 25.6 Å². The number of hydrogen-bond donors (Lipinski definition) is 2. The maximum atomic E-state index is 11.1. The monoisotopic (exact) mass is 795 g/mol. The van der Waals surface area contributed by atoms with Crippen molar-refractivity contribution in [1.82, 2.24) is 0 Å². The Hall–Kier alpha value is 0.880. The lowest BCUT2D eigenvalue weighted by atomic mass is 10.1. The zero-order valence-electron chi connectivity index (χ0n) is 11.8. The molecule has 2 aromatic carbocycles. The van der Waals surface area contributed by atoms with Crippen LogP contribution in [0.25, 0.3) is 0 Å². The smallest absolute Gasteiger partial charge is 0.238 e. The first-order chi connectivity index (χ1) is 11.2. The van der Waals surface area contributed by atoms with Gasteiger partial charge in [0, 0.05) is 0 Å². The highest BCUT2D eigenvalue weighted by atomic mass is 127. The number of rotatable bonds is 5. The molecular weight excluding hydrogens is 785 g/mol. The van der Waals surface area contributed by atoms with E-state index in [-0.39, 0.29) is 5.75 Å². The summed E-state index contributed by atoms with van der Waals surface area (Å²) < 4.78 is 9.26. The lowest BCUT2D eigenvalue weighted by Crippen LogP contribution is -2.29. The molecule has 9 heteroatoms. The Balaban J connectivity index is 2.30. The van der Waals surface area contributed by atoms with Gasteiger partial charge in [-0.2, -0.15) is 0 Å². The lowest BCUT2D eigenvalue weighted by Gasteiger charge is -2.14. The second kappa shape index (κ2) is 9.19. The highest BCUT2D eigenvalue weighted by Gasteiger charge is 2.16. The molecule has 0 amide bonds. The molecule has 2 rings (SSSR count). The van der Waals surface area contributed by atoms with E-state index >= 15 is 0 Å². The summed E-state index contributed by atoms with van der Waals surface area (Å²) in [7, 11) is 0. The van der Waals surface area contributed by atoms with Crippen molar-refractivity contribution in [3.63, 3.8) is 0 Å². The van der Waals surface area contributed by atoms with E-state index in [9.17, 15) is 9.90 Å². The molecule has 1 atom stereocenters. The zero-order valence-corrected chi connectivity index (χ0v) is 21.2. The number of carbonyl (C=O) groups is 1. The molecule has 2 aromatic rings. The number of ether oxygens (including phenoxy) is 1. The van der Waals surface area contributed by atoms with Crippen LogP contribution in [0.3, 0.4) is 0 Å². The van der Waals surface area contributed by atoms with Crippen LogP contribution in [0, 0.1) is 14.3 Å². The summed E-state index contributed by atoms with van der Waals surface area (Å²) in [5.41, 5.74) is 6.64. The molecule has 0 spiro atoms. The zero-order chi connectivity index (χ0) is 18.0. The largest absolute Gasteiger partial charge is 0.506 e. The molecule has 0 aromatic heterocycles. The summed E-state index contributed by atoms with van der Waals surface area (Å²) >= 11 is 13.9. The minimum Gasteiger partial charge on any atom is -0.506 e. The highest BCUT2D eigenvalue weighted by molar-refractivity contribution is 14.1. The molecule has 0 aliphatic heterocycles.